The Hall–Kier alpha value is -3.68. The van der Waals surface area contributed by atoms with Crippen molar-refractivity contribution in [2.24, 2.45) is 0 Å². The molecule has 158 valence electrons. The van der Waals surface area contributed by atoms with Crippen LogP contribution in [-0.4, -0.2) is 33.1 Å². The van der Waals surface area contributed by atoms with Gasteiger partial charge in [-0.15, -0.1) is 0 Å². The first-order chi connectivity index (χ1) is 15.1. The van der Waals surface area contributed by atoms with Crippen LogP contribution in [0.25, 0.3) is 0 Å². The highest BCUT2D eigenvalue weighted by Gasteiger charge is 2.36. The van der Waals surface area contributed by atoms with E-state index in [1.807, 2.05) is 30.3 Å². The minimum atomic E-state index is -0.394. The molecule has 0 radical (unpaired) electrons. The monoisotopic (exact) mass is 417 g/mol. The van der Waals surface area contributed by atoms with Gasteiger partial charge in [-0.25, -0.2) is 0 Å². The number of tetrazole rings is 1. The molecule has 1 aromatic heterocycles. The number of rotatable bonds is 5. The quantitative estimate of drug-likeness (QED) is 0.678. The topological polar surface area (TPSA) is 91.2 Å². The van der Waals surface area contributed by atoms with Gasteiger partial charge >= 0.3 is 0 Å². The van der Waals surface area contributed by atoms with Crippen LogP contribution in [0.15, 0.2) is 53.7 Å². The highest BCUT2D eigenvalue weighted by Crippen LogP contribution is 2.41. The Morgan fingerprint density at radius 3 is 2.77 bits per heavy atom. The first-order valence-electron chi connectivity index (χ1n) is 10.3. The summed E-state index contributed by atoms with van der Waals surface area (Å²) in [6.45, 7) is 2.50. The van der Waals surface area contributed by atoms with Crippen LogP contribution in [0.5, 0.6) is 11.5 Å². The summed E-state index contributed by atoms with van der Waals surface area (Å²) in [5.41, 5.74) is 4.79. The first-order valence-corrected chi connectivity index (χ1v) is 10.3. The van der Waals surface area contributed by atoms with Crippen molar-refractivity contribution in [3.8, 4) is 11.5 Å². The standard InChI is InChI=1S/C23H23N5O3/c1-14-6-8-15(9-7-14)13-31-19-11-10-16(12-20(19)30-2)22-21-17(4-3-5-18(21)29)24-23-25-26-27-28(22)23/h6-12,22H,3-5,13H2,1-2H3,(H,24,25,27). The van der Waals surface area contributed by atoms with E-state index in [4.69, 9.17) is 9.47 Å². The van der Waals surface area contributed by atoms with E-state index in [1.165, 1.54) is 5.56 Å². The number of aromatic nitrogens is 4. The van der Waals surface area contributed by atoms with Crippen molar-refractivity contribution in [2.45, 2.75) is 38.8 Å². The van der Waals surface area contributed by atoms with Gasteiger partial charge in [-0.1, -0.05) is 41.0 Å². The van der Waals surface area contributed by atoms with Crippen molar-refractivity contribution >= 4 is 11.7 Å². The molecule has 1 aliphatic carbocycles. The Balaban J connectivity index is 1.48. The van der Waals surface area contributed by atoms with Crippen LogP contribution in [0.1, 0.15) is 42.0 Å². The molecule has 8 heteroatoms. The number of ether oxygens (including phenoxy) is 2. The van der Waals surface area contributed by atoms with E-state index < -0.39 is 6.04 Å². The fourth-order valence-corrected chi connectivity index (χ4v) is 4.14. The van der Waals surface area contributed by atoms with Gasteiger partial charge < -0.3 is 14.8 Å². The van der Waals surface area contributed by atoms with E-state index in [0.717, 1.165) is 35.2 Å². The van der Waals surface area contributed by atoms with Gasteiger partial charge in [-0.3, -0.25) is 4.79 Å². The van der Waals surface area contributed by atoms with E-state index in [2.05, 4.69) is 39.9 Å². The molecule has 0 amide bonds. The normalized spacial score (nSPS) is 17.6. The van der Waals surface area contributed by atoms with E-state index in [9.17, 15) is 4.79 Å². The summed E-state index contributed by atoms with van der Waals surface area (Å²) >= 11 is 0. The maximum absolute atomic E-state index is 12.8. The van der Waals surface area contributed by atoms with Crippen LogP contribution in [0, 0.1) is 6.92 Å². The Morgan fingerprint density at radius 1 is 1.13 bits per heavy atom. The molecule has 3 aromatic rings. The molecule has 2 heterocycles. The van der Waals surface area contributed by atoms with E-state index >= 15 is 0 Å². The fraction of sp³-hybridized carbons (Fsp3) is 0.304. The molecule has 0 fully saturated rings. The number of benzene rings is 2. The van der Waals surface area contributed by atoms with Gasteiger partial charge in [0.2, 0.25) is 5.95 Å². The molecule has 2 aromatic carbocycles. The number of Topliss-reactive ketones (excluding diaryl/α,β-unsaturated/α-hetero) is 1. The van der Waals surface area contributed by atoms with Crippen molar-refractivity contribution in [3.05, 3.63) is 70.4 Å². The highest BCUT2D eigenvalue weighted by atomic mass is 16.5. The van der Waals surface area contributed by atoms with E-state index in [-0.39, 0.29) is 5.78 Å². The van der Waals surface area contributed by atoms with Gasteiger partial charge in [0.1, 0.15) is 12.6 Å². The van der Waals surface area contributed by atoms with Crippen molar-refractivity contribution in [3.63, 3.8) is 0 Å². The Kier molecular flexibility index (Phi) is 4.89. The lowest BCUT2D eigenvalue weighted by Gasteiger charge is -2.31. The molecule has 1 atom stereocenters. The van der Waals surface area contributed by atoms with Gasteiger partial charge in [0, 0.05) is 17.7 Å². The lowest BCUT2D eigenvalue weighted by atomic mass is 9.85. The van der Waals surface area contributed by atoms with Gasteiger partial charge in [-0.05, 0) is 53.5 Å². The second-order valence-corrected chi connectivity index (χ2v) is 7.83. The molecular formula is C23H23N5O3. The lowest BCUT2D eigenvalue weighted by molar-refractivity contribution is -0.116. The summed E-state index contributed by atoms with van der Waals surface area (Å²) in [5.74, 6) is 1.90. The maximum Gasteiger partial charge on any atom is 0.248 e. The highest BCUT2D eigenvalue weighted by molar-refractivity contribution is 5.99. The van der Waals surface area contributed by atoms with Gasteiger partial charge in [0.25, 0.3) is 0 Å². The van der Waals surface area contributed by atoms with Crippen LogP contribution in [0.4, 0.5) is 5.95 Å². The molecule has 1 N–H and O–H groups in total. The number of allylic oxidation sites excluding steroid dienone is 2. The summed E-state index contributed by atoms with van der Waals surface area (Å²) in [4.78, 5) is 12.8. The molecule has 0 saturated heterocycles. The van der Waals surface area contributed by atoms with Crippen molar-refractivity contribution in [2.75, 3.05) is 12.4 Å². The maximum atomic E-state index is 12.8. The van der Waals surface area contributed by atoms with Crippen molar-refractivity contribution in [1.29, 1.82) is 0 Å². The smallest absolute Gasteiger partial charge is 0.248 e. The molecule has 2 aliphatic rings. The zero-order chi connectivity index (χ0) is 21.4. The summed E-state index contributed by atoms with van der Waals surface area (Å²) in [6.07, 6.45) is 2.16. The third-order valence-corrected chi connectivity index (χ3v) is 5.75. The summed E-state index contributed by atoms with van der Waals surface area (Å²) in [5, 5.41) is 15.2. The van der Waals surface area contributed by atoms with Crippen LogP contribution < -0.4 is 14.8 Å². The number of fused-ring (bicyclic) bond motifs is 1. The second kappa shape index (κ2) is 7.86. The lowest BCUT2D eigenvalue weighted by Crippen LogP contribution is -2.31. The van der Waals surface area contributed by atoms with Crippen LogP contribution in [0.2, 0.25) is 0 Å². The zero-order valence-electron chi connectivity index (χ0n) is 17.5. The number of carbonyl (C=O) groups is 1. The molecule has 8 nitrogen and oxygen atoms in total. The molecule has 5 rings (SSSR count). The summed E-state index contributed by atoms with van der Waals surface area (Å²) in [6, 6.07) is 13.6. The summed E-state index contributed by atoms with van der Waals surface area (Å²) < 4.78 is 13.3. The Bertz CT molecular complexity index is 1170. The molecular weight excluding hydrogens is 394 g/mol. The number of methoxy groups -OCH3 is 1. The van der Waals surface area contributed by atoms with Crippen LogP contribution in [0.3, 0.4) is 0 Å². The van der Waals surface area contributed by atoms with Gasteiger partial charge in [0.05, 0.1) is 7.11 Å². The molecule has 0 saturated carbocycles. The Morgan fingerprint density at radius 2 is 1.97 bits per heavy atom. The van der Waals surface area contributed by atoms with Crippen molar-refractivity contribution < 1.29 is 14.3 Å². The number of carbonyl (C=O) groups excluding carboxylic acids is 1. The number of nitrogens with one attached hydrogen (secondary N) is 1. The second-order valence-electron chi connectivity index (χ2n) is 7.83. The average Bonchev–Trinajstić information content (AvgIpc) is 3.25. The van der Waals surface area contributed by atoms with Crippen LogP contribution >= 0.6 is 0 Å². The average molecular weight is 417 g/mol. The largest absolute Gasteiger partial charge is 0.493 e. The van der Waals surface area contributed by atoms with E-state index in [1.54, 1.807) is 11.8 Å². The van der Waals surface area contributed by atoms with Gasteiger partial charge in [-0.2, -0.15) is 4.68 Å². The third kappa shape index (κ3) is 3.54. The van der Waals surface area contributed by atoms with Gasteiger partial charge in [0.15, 0.2) is 17.3 Å². The number of ketones is 1. The zero-order valence-corrected chi connectivity index (χ0v) is 17.5. The molecule has 0 bridgehead atoms. The Labute approximate surface area is 179 Å². The SMILES string of the molecule is COc1cc(C2C3=C(CCCC3=O)Nc3nnnn32)ccc1OCc1ccc(C)cc1. The van der Waals surface area contributed by atoms with Crippen molar-refractivity contribution in [1.82, 2.24) is 20.2 Å². The fourth-order valence-electron chi connectivity index (χ4n) is 4.14. The number of hydrogen-bond acceptors (Lipinski definition) is 7. The molecule has 0 spiro atoms. The minimum absolute atomic E-state index is 0.124. The number of nitrogens with zero attached hydrogens (tertiary/aromatic N) is 4. The number of anilines is 1. The third-order valence-electron chi connectivity index (χ3n) is 5.75. The van der Waals surface area contributed by atoms with E-state index in [0.29, 0.717) is 30.5 Å². The minimum Gasteiger partial charge on any atom is -0.493 e. The number of hydrogen-bond donors (Lipinski definition) is 1. The molecule has 1 unspecified atom stereocenters. The molecule has 1 aliphatic heterocycles. The first kappa shape index (κ1) is 19.3. The summed E-state index contributed by atoms with van der Waals surface area (Å²) in [7, 11) is 1.61. The van der Waals surface area contributed by atoms with Crippen LogP contribution in [-0.2, 0) is 11.4 Å². The predicted molar refractivity (Wildman–Crippen MR) is 114 cm³/mol. The molecule has 31 heavy (non-hydrogen) atoms. The number of aryl methyl sites for hydroxylation is 1. The predicted octanol–water partition coefficient (Wildman–Crippen LogP) is 3.59.